The zero-order valence-electron chi connectivity index (χ0n) is 15.3. The lowest BCUT2D eigenvalue weighted by Crippen LogP contribution is -2.30. The van der Waals surface area contributed by atoms with Gasteiger partial charge in [-0.1, -0.05) is 78.3 Å². The molecule has 0 aliphatic rings. The van der Waals surface area contributed by atoms with Crippen molar-refractivity contribution in [2.24, 2.45) is 0 Å². The van der Waals surface area contributed by atoms with E-state index < -0.39 is 0 Å². The number of amides is 2. The first-order valence-electron chi connectivity index (χ1n) is 9.05. The fraction of sp³-hybridized carbons (Fsp3) is 0.174. The number of benzene rings is 3. The predicted octanol–water partition coefficient (Wildman–Crippen LogP) is 5.99. The summed E-state index contributed by atoms with van der Waals surface area (Å²) in [5.41, 5.74) is 4.08. The number of carbonyl (C=O) groups is 1. The number of nitrogens with one attached hydrogen (secondary N) is 2. The summed E-state index contributed by atoms with van der Waals surface area (Å²) in [5.74, 6) is 0.237. The molecule has 0 atom stereocenters. The van der Waals surface area contributed by atoms with Gasteiger partial charge in [-0.2, -0.15) is 0 Å². The Labute approximate surface area is 165 Å². The lowest BCUT2D eigenvalue weighted by molar-refractivity contribution is 0.252. The summed E-state index contributed by atoms with van der Waals surface area (Å²) in [6.45, 7) is 2.46. The van der Waals surface area contributed by atoms with E-state index in [1.165, 1.54) is 11.1 Å². The molecule has 0 radical (unpaired) electrons. The van der Waals surface area contributed by atoms with E-state index >= 15 is 0 Å². The van der Waals surface area contributed by atoms with Crippen LogP contribution in [0.1, 0.15) is 29.0 Å². The van der Waals surface area contributed by atoms with Gasteiger partial charge in [-0.05, 0) is 42.2 Å². The molecule has 0 bridgehead atoms. The number of rotatable bonds is 6. The van der Waals surface area contributed by atoms with Gasteiger partial charge >= 0.3 is 6.03 Å². The molecule has 4 heteroatoms. The topological polar surface area (TPSA) is 41.1 Å². The molecule has 2 amide bonds. The van der Waals surface area contributed by atoms with Crippen LogP contribution in [-0.4, -0.2) is 12.6 Å². The van der Waals surface area contributed by atoms with Crippen LogP contribution in [0.3, 0.4) is 0 Å². The normalized spacial score (nSPS) is 10.6. The molecule has 3 rings (SSSR count). The van der Waals surface area contributed by atoms with Crippen molar-refractivity contribution in [2.45, 2.75) is 19.3 Å². The zero-order valence-corrected chi connectivity index (χ0v) is 16.0. The van der Waals surface area contributed by atoms with Gasteiger partial charge < -0.3 is 10.6 Å². The number of hydrogen-bond donors (Lipinski definition) is 2. The minimum absolute atomic E-state index is 0.222. The second-order valence-electron chi connectivity index (χ2n) is 6.46. The summed E-state index contributed by atoms with van der Waals surface area (Å²) in [6.07, 6.45) is 0.815. The number of anilines is 1. The van der Waals surface area contributed by atoms with E-state index in [1.807, 2.05) is 61.5 Å². The van der Waals surface area contributed by atoms with Gasteiger partial charge in [0.2, 0.25) is 0 Å². The van der Waals surface area contributed by atoms with E-state index in [-0.39, 0.29) is 11.9 Å². The van der Waals surface area contributed by atoms with Crippen LogP contribution >= 0.6 is 11.6 Å². The van der Waals surface area contributed by atoms with Gasteiger partial charge in [0.15, 0.2) is 0 Å². The second-order valence-corrected chi connectivity index (χ2v) is 6.86. The van der Waals surface area contributed by atoms with E-state index in [0.29, 0.717) is 11.6 Å². The van der Waals surface area contributed by atoms with Gasteiger partial charge in [-0.25, -0.2) is 4.79 Å². The molecule has 3 aromatic carbocycles. The molecule has 0 fully saturated rings. The van der Waals surface area contributed by atoms with Crippen molar-refractivity contribution in [2.75, 3.05) is 11.9 Å². The molecule has 3 nitrogen and oxygen atoms in total. The molecule has 2 N–H and O–H groups in total. The maximum Gasteiger partial charge on any atom is 0.319 e. The number of halogens is 1. The van der Waals surface area contributed by atoms with E-state index in [1.54, 1.807) is 0 Å². The largest absolute Gasteiger partial charge is 0.338 e. The summed E-state index contributed by atoms with van der Waals surface area (Å²) in [5, 5.41) is 6.46. The lowest BCUT2D eigenvalue weighted by Gasteiger charge is -2.19. The average Bonchev–Trinajstić information content (AvgIpc) is 2.70. The van der Waals surface area contributed by atoms with Crippen molar-refractivity contribution in [3.8, 4) is 0 Å². The van der Waals surface area contributed by atoms with E-state index in [4.69, 9.17) is 11.6 Å². The molecule has 3 aromatic rings. The third kappa shape index (κ3) is 5.11. The van der Waals surface area contributed by atoms with E-state index in [2.05, 4.69) is 34.9 Å². The zero-order chi connectivity index (χ0) is 19.1. The summed E-state index contributed by atoms with van der Waals surface area (Å²) >= 11 is 6.11. The Morgan fingerprint density at radius 2 is 1.48 bits per heavy atom. The fourth-order valence-electron chi connectivity index (χ4n) is 3.14. The van der Waals surface area contributed by atoms with Crippen LogP contribution in [-0.2, 0) is 0 Å². The third-order valence-corrected chi connectivity index (χ3v) is 5.05. The molecule has 0 saturated heterocycles. The Hall–Kier alpha value is -2.78. The highest BCUT2D eigenvalue weighted by Crippen LogP contribution is 2.27. The molecule has 0 heterocycles. The molecule has 138 valence electrons. The first-order chi connectivity index (χ1) is 13.1. The molecule has 0 aromatic heterocycles. The van der Waals surface area contributed by atoms with Crippen molar-refractivity contribution in [3.63, 3.8) is 0 Å². The van der Waals surface area contributed by atoms with Crippen molar-refractivity contribution >= 4 is 23.3 Å². The number of hydrogen-bond acceptors (Lipinski definition) is 1. The Balaban J connectivity index is 1.62. The fourth-order valence-corrected chi connectivity index (χ4v) is 3.31. The molecule has 0 unspecified atom stereocenters. The predicted molar refractivity (Wildman–Crippen MR) is 113 cm³/mol. The first kappa shape index (κ1) is 19.0. The summed E-state index contributed by atoms with van der Waals surface area (Å²) in [4.78, 5) is 12.3. The molecular weight excluding hydrogens is 356 g/mol. The summed E-state index contributed by atoms with van der Waals surface area (Å²) in [7, 11) is 0. The molecule has 27 heavy (non-hydrogen) atoms. The maximum absolute atomic E-state index is 12.3. The standard InChI is InChI=1S/C23H23ClN2O/c1-17-21(24)13-8-14-22(17)26-23(27)25-16-15-20(18-9-4-2-5-10-18)19-11-6-3-7-12-19/h2-14,20H,15-16H2,1H3,(H2,25,26,27). The maximum atomic E-state index is 12.3. The SMILES string of the molecule is Cc1c(Cl)cccc1NC(=O)NCCC(c1ccccc1)c1ccccc1. The quantitative estimate of drug-likeness (QED) is 0.543. The second kappa shape index (κ2) is 9.24. The number of carbonyl (C=O) groups excluding carboxylic acids is 1. The van der Waals surface area contributed by atoms with Crippen molar-refractivity contribution in [1.82, 2.24) is 5.32 Å². The van der Waals surface area contributed by atoms with Gasteiger partial charge in [0.25, 0.3) is 0 Å². The van der Waals surface area contributed by atoms with E-state index in [0.717, 1.165) is 17.7 Å². The van der Waals surface area contributed by atoms with Gasteiger partial charge in [0, 0.05) is 23.2 Å². The van der Waals surface area contributed by atoms with E-state index in [9.17, 15) is 4.79 Å². The molecular formula is C23H23ClN2O. The number of urea groups is 1. The molecule has 0 spiro atoms. The average molecular weight is 379 g/mol. The van der Waals surface area contributed by atoms with Gasteiger partial charge in [-0.15, -0.1) is 0 Å². The Bertz CT molecular complexity index is 842. The van der Waals surface area contributed by atoms with Gasteiger partial charge in [0.1, 0.15) is 0 Å². The van der Waals surface area contributed by atoms with Crippen molar-refractivity contribution in [1.29, 1.82) is 0 Å². The van der Waals surface area contributed by atoms with Crippen LogP contribution in [0.25, 0.3) is 0 Å². The highest BCUT2D eigenvalue weighted by Gasteiger charge is 2.14. The Morgan fingerprint density at radius 1 is 0.889 bits per heavy atom. The summed E-state index contributed by atoms with van der Waals surface area (Å²) in [6, 6.07) is 26.0. The van der Waals surface area contributed by atoms with Crippen LogP contribution in [0.15, 0.2) is 78.9 Å². The van der Waals surface area contributed by atoms with Crippen LogP contribution in [0.5, 0.6) is 0 Å². The molecule has 0 aliphatic heterocycles. The van der Waals surface area contributed by atoms with Crippen LogP contribution in [0, 0.1) is 6.92 Å². The summed E-state index contributed by atoms with van der Waals surface area (Å²) < 4.78 is 0. The van der Waals surface area contributed by atoms with Gasteiger partial charge in [0.05, 0.1) is 0 Å². The Morgan fingerprint density at radius 3 is 2.07 bits per heavy atom. The highest BCUT2D eigenvalue weighted by atomic mass is 35.5. The molecule has 0 aliphatic carbocycles. The van der Waals surface area contributed by atoms with Crippen molar-refractivity contribution < 1.29 is 4.79 Å². The van der Waals surface area contributed by atoms with Crippen LogP contribution in [0.4, 0.5) is 10.5 Å². The van der Waals surface area contributed by atoms with Crippen LogP contribution in [0.2, 0.25) is 5.02 Å². The third-order valence-electron chi connectivity index (χ3n) is 4.64. The first-order valence-corrected chi connectivity index (χ1v) is 9.43. The molecule has 0 saturated carbocycles. The lowest BCUT2D eigenvalue weighted by atomic mass is 9.88. The monoisotopic (exact) mass is 378 g/mol. The van der Waals surface area contributed by atoms with Gasteiger partial charge in [-0.3, -0.25) is 0 Å². The van der Waals surface area contributed by atoms with Crippen LogP contribution < -0.4 is 10.6 Å². The minimum Gasteiger partial charge on any atom is -0.338 e. The smallest absolute Gasteiger partial charge is 0.319 e. The highest BCUT2D eigenvalue weighted by molar-refractivity contribution is 6.31. The minimum atomic E-state index is -0.222. The van der Waals surface area contributed by atoms with Crippen molar-refractivity contribution in [3.05, 3.63) is 101 Å². The Kier molecular flexibility index (Phi) is 6.50.